The third-order valence-corrected chi connectivity index (χ3v) is 2.80. The molecule has 0 bridgehead atoms. The average molecular weight is 227 g/mol. The van der Waals surface area contributed by atoms with Crippen LogP contribution in [0, 0.1) is 11.6 Å². The van der Waals surface area contributed by atoms with Crippen LogP contribution in [0.4, 0.5) is 8.78 Å². The molecule has 1 nitrogen and oxygen atoms in total. The van der Waals surface area contributed by atoms with Crippen molar-refractivity contribution < 1.29 is 8.78 Å². The molecular weight excluding hydrogens is 208 g/mol. The van der Waals surface area contributed by atoms with E-state index in [1.807, 2.05) is 27.7 Å². The summed E-state index contributed by atoms with van der Waals surface area (Å²) in [5.74, 6) is -1.13. The number of hydrogen-bond acceptors (Lipinski definition) is 1. The van der Waals surface area contributed by atoms with Gasteiger partial charge in [-0.3, -0.25) is 0 Å². The van der Waals surface area contributed by atoms with E-state index in [0.29, 0.717) is 6.04 Å². The Labute approximate surface area is 95.9 Å². The Kier molecular flexibility index (Phi) is 4.42. The van der Waals surface area contributed by atoms with Gasteiger partial charge in [-0.15, -0.1) is 0 Å². The highest BCUT2D eigenvalue weighted by Crippen LogP contribution is 2.25. The molecule has 90 valence electrons. The molecule has 0 fully saturated rings. The van der Waals surface area contributed by atoms with Gasteiger partial charge in [0.05, 0.1) is 0 Å². The van der Waals surface area contributed by atoms with Gasteiger partial charge in [-0.05, 0) is 19.1 Å². The first kappa shape index (κ1) is 13.1. The second-order valence-electron chi connectivity index (χ2n) is 4.53. The van der Waals surface area contributed by atoms with Crippen LogP contribution in [-0.2, 0) is 0 Å². The van der Waals surface area contributed by atoms with Crippen LogP contribution in [0.25, 0.3) is 0 Å². The van der Waals surface area contributed by atoms with Crippen molar-refractivity contribution in [1.29, 1.82) is 0 Å². The number of hydrogen-bond donors (Lipinski definition) is 1. The number of halogens is 2. The van der Waals surface area contributed by atoms with Gasteiger partial charge >= 0.3 is 0 Å². The monoisotopic (exact) mass is 227 g/mol. The molecule has 1 aromatic carbocycles. The molecule has 0 radical (unpaired) electrons. The van der Waals surface area contributed by atoms with Gasteiger partial charge < -0.3 is 5.32 Å². The molecule has 2 unspecified atom stereocenters. The highest BCUT2D eigenvalue weighted by Gasteiger charge is 2.21. The van der Waals surface area contributed by atoms with Gasteiger partial charge in [0.25, 0.3) is 0 Å². The SMILES string of the molecule is CC(C)NC(C)C(C)c1c(F)cccc1F. The van der Waals surface area contributed by atoms with Gasteiger partial charge in [0.1, 0.15) is 11.6 Å². The zero-order valence-corrected chi connectivity index (χ0v) is 10.2. The molecule has 2 atom stereocenters. The Hall–Kier alpha value is -0.960. The van der Waals surface area contributed by atoms with Crippen LogP contribution in [0.5, 0.6) is 0 Å². The van der Waals surface area contributed by atoms with E-state index in [2.05, 4.69) is 5.32 Å². The quantitative estimate of drug-likeness (QED) is 0.830. The van der Waals surface area contributed by atoms with Crippen LogP contribution in [0.15, 0.2) is 18.2 Å². The maximum absolute atomic E-state index is 13.5. The average Bonchev–Trinajstić information content (AvgIpc) is 2.16. The summed E-state index contributed by atoms with van der Waals surface area (Å²) >= 11 is 0. The largest absolute Gasteiger partial charge is 0.311 e. The molecule has 0 aliphatic rings. The van der Waals surface area contributed by atoms with Crippen molar-refractivity contribution in [1.82, 2.24) is 5.32 Å². The van der Waals surface area contributed by atoms with E-state index in [0.717, 1.165) is 0 Å². The maximum Gasteiger partial charge on any atom is 0.129 e. The second kappa shape index (κ2) is 5.39. The van der Waals surface area contributed by atoms with Crippen molar-refractivity contribution in [2.45, 2.75) is 45.7 Å². The summed E-state index contributed by atoms with van der Waals surface area (Å²) in [4.78, 5) is 0. The molecule has 3 heteroatoms. The summed E-state index contributed by atoms with van der Waals surface area (Å²) in [6, 6.07) is 4.33. The molecule has 16 heavy (non-hydrogen) atoms. The van der Waals surface area contributed by atoms with E-state index in [1.54, 1.807) is 0 Å². The first-order chi connectivity index (χ1) is 7.43. The predicted octanol–water partition coefficient (Wildman–Crippen LogP) is 3.45. The Balaban J connectivity index is 2.91. The molecule has 0 aliphatic carbocycles. The topological polar surface area (TPSA) is 12.0 Å². The van der Waals surface area contributed by atoms with Crippen molar-refractivity contribution >= 4 is 0 Å². The van der Waals surface area contributed by atoms with E-state index in [4.69, 9.17) is 0 Å². The smallest absolute Gasteiger partial charge is 0.129 e. The molecule has 1 N–H and O–H groups in total. The third-order valence-electron chi connectivity index (χ3n) is 2.80. The third kappa shape index (κ3) is 3.01. The zero-order valence-electron chi connectivity index (χ0n) is 10.2. The lowest BCUT2D eigenvalue weighted by Gasteiger charge is -2.24. The fourth-order valence-corrected chi connectivity index (χ4v) is 1.87. The lowest BCUT2D eigenvalue weighted by atomic mass is 9.93. The fraction of sp³-hybridized carbons (Fsp3) is 0.538. The van der Waals surface area contributed by atoms with Crippen molar-refractivity contribution in [3.8, 4) is 0 Å². The Bertz CT molecular complexity index is 330. The minimum atomic E-state index is -0.468. The molecule has 0 aliphatic heterocycles. The Morgan fingerprint density at radius 3 is 1.94 bits per heavy atom. The molecule has 0 amide bonds. The lowest BCUT2D eigenvalue weighted by molar-refractivity contribution is 0.416. The molecule has 0 aromatic heterocycles. The molecule has 0 spiro atoms. The maximum atomic E-state index is 13.5. The van der Waals surface area contributed by atoms with Crippen molar-refractivity contribution in [2.24, 2.45) is 0 Å². The number of rotatable bonds is 4. The highest BCUT2D eigenvalue weighted by atomic mass is 19.1. The summed E-state index contributed by atoms with van der Waals surface area (Å²) in [5.41, 5.74) is 0.170. The van der Waals surface area contributed by atoms with Crippen LogP contribution in [0.3, 0.4) is 0 Å². The Morgan fingerprint density at radius 1 is 1.00 bits per heavy atom. The summed E-state index contributed by atoms with van der Waals surface area (Å²) in [5, 5.41) is 3.26. The minimum Gasteiger partial charge on any atom is -0.311 e. The van der Waals surface area contributed by atoms with Crippen LogP contribution < -0.4 is 5.32 Å². The van der Waals surface area contributed by atoms with E-state index in [1.165, 1.54) is 18.2 Å². The standard InChI is InChI=1S/C13H19F2N/c1-8(2)16-10(4)9(3)13-11(14)6-5-7-12(13)15/h5-10,16H,1-4H3. The number of benzene rings is 1. The van der Waals surface area contributed by atoms with Crippen molar-refractivity contribution in [2.75, 3.05) is 0 Å². The summed E-state index contributed by atoms with van der Waals surface area (Å²) in [7, 11) is 0. The van der Waals surface area contributed by atoms with Crippen LogP contribution in [-0.4, -0.2) is 12.1 Å². The van der Waals surface area contributed by atoms with Gasteiger partial charge in [-0.1, -0.05) is 26.8 Å². The summed E-state index contributed by atoms with van der Waals surface area (Å²) < 4.78 is 27.1. The fourth-order valence-electron chi connectivity index (χ4n) is 1.87. The highest BCUT2D eigenvalue weighted by molar-refractivity contribution is 5.24. The van der Waals surface area contributed by atoms with Crippen LogP contribution in [0.1, 0.15) is 39.2 Å². The van der Waals surface area contributed by atoms with Gasteiger partial charge in [-0.2, -0.15) is 0 Å². The van der Waals surface area contributed by atoms with E-state index < -0.39 is 11.6 Å². The summed E-state index contributed by atoms with van der Waals surface area (Å²) in [6.07, 6.45) is 0. The van der Waals surface area contributed by atoms with Crippen molar-refractivity contribution in [3.05, 3.63) is 35.4 Å². The van der Waals surface area contributed by atoms with Gasteiger partial charge in [-0.25, -0.2) is 8.78 Å². The van der Waals surface area contributed by atoms with Crippen LogP contribution in [0.2, 0.25) is 0 Å². The molecular formula is C13H19F2N. The van der Waals surface area contributed by atoms with Gasteiger partial charge in [0, 0.05) is 23.6 Å². The summed E-state index contributed by atoms with van der Waals surface area (Å²) in [6.45, 7) is 7.81. The van der Waals surface area contributed by atoms with E-state index in [-0.39, 0.29) is 17.5 Å². The molecule has 1 aromatic rings. The van der Waals surface area contributed by atoms with Crippen molar-refractivity contribution in [3.63, 3.8) is 0 Å². The molecule has 0 saturated carbocycles. The van der Waals surface area contributed by atoms with Gasteiger partial charge in [0.15, 0.2) is 0 Å². The Morgan fingerprint density at radius 2 is 1.50 bits per heavy atom. The first-order valence-corrected chi connectivity index (χ1v) is 5.63. The molecule has 0 saturated heterocycles. The first-order valence-electron chi connectivity index (χ1n) is 5.63. The lowest BCUT2D eigenvalue weighted by Crippen LogP contribution is -2.36. The van der Waals surface area contributed by atoms with Gasteiger partial charge in [0.2, 0.25) is 0 Å². The second-order valence-corrected chi connectivity index (χ2v) is 4.53. The minimum absolute atomic E-state index is 0.0337. The molecule has 0 heterocycles. The van der Waals surface area contributed by atoms with Crippen LogP contribution >= 0.6 is 0 Å². The normalized spacial score (nSPS) is 15.2. The number of nitrogens with one attached hydrogen (secondary N) is 1. The van der Waals surface area contributed by atoms with E-state index >= 15 is 0 Å². The zero-order chi connectivity index (χ0) is 12.3. The molecule has 1 rings (SSSR count). The van der Waals surface area contributed by atoms with E-state index in [9.17, 15) is 8.78 Å². The predicted molar refractivity (Wildman–Crippen MR) is 62.5 cm³/mol.